The fraction of sp³-hybridized carbons (Fsp3) is 0.250. The smallest absolute Gasteiger partial charge is 0.408 e. The van der Waals surface area contributed by atoms with Crippen molar-refractivity contribution in [3.05, 3.63) is 58.6 Å². The van der Waals surface area contributed by atoms with Crippen LogP contribution in [0.15, 0.2) is 53.0 Å². The topological polar surface area (TPSA) is 96.5 Å². The first-order valence-corrected chi connectivity index (χ1v) is 9.36. The first-order valence-electron chi connectivity index (χ1n) is 8.57. The van der Waals surface area contributed by atoms with Gasteiger partial charge in [-0.3, -0.25) is 9.59 Å². The van der Waals surface area contributed by atoms with Crippen molar-refractivity contribution in [2.24, 2.45) is 0 Å². The van der Waals surface area contributed by atoms with Gasteiger partial charge in [0.25, 0.3) is 5.91 Å². The molecule has 2 aromatic rings. The predicted molar refractivity (Wildman–Crippen MR) is 111 cm³/mol. The van der Waals surface area contributed by atoms with E-state index in [0.717, 1.165) is 0 Å². The Hall–Kier alpha value is -2.87. The second-order valence-corrected chi connectivity index (χ2v) is 7.77. The van der Waals surface area contributed by atoms with Crippen LogP contribution in [0.5, 0.6) is 0 Å². The Morgan fingerprint density at radius 1 is 0.929 bits per heavy atom. The molecular weight excluding hydrogens is 426 g/mol. The Balaban J connectivity index is 1.85. The predicted octanol–water partition coefficient (Wildman–Crippen LogP) is 4.16. The van der Waals surface area contributed by atoms with Crippen molar-refractivity contribution in [3.63, 3.8) is 0 Å². The number of hydrogen-bond acceptors (Lipinski definition) is 4. The van der Waals surface area contributed by atoms with Crippen molar-refractivity contribution < 1.29 is 19.1 Å². The molecule has 148 valence electrons. The van der Waals surface area contributed by atoms with Gasteiger partial charge in [0.05, 0.1) is 5.56 Å². The molecule has 0 atom stereocenters. The first kappa shape index (κ1) is 21.4. The number of benzene rings is 2. The number of ether oxygens (including phenoxy) is 1. The number of hydrogen-bond donors (Lipinski definition) is 3. The van der Waals surface area contributed by atoms with Gasteiger partial charge in [-0.15, -0.1) is 0 Å². The maximum Gasteiger partial charge on any atom is 0.408 e. The summed E-state index contributed by atoms with van der Waals surface area (Å²) >= 11 is 3.34. The van der Waals surface area contributed by atoms with Crippen molar-refractivity contribution in [3.8, 4) is 0 Å². The van der Waals surface area contributed by atoms with Crippen LogP contribution in [0.4, 0.5) is 16.2 Å². The Kier molecular flexibility index (Phi) is 7.17. The van der Waals surface area contributed by atoms with E-state index >= 15 is 0 Å². The highest BCUT2D eigenvalue weighted by molar-refractivity contribution is 9.10. The summed E-state index contributed by atoms with van der Waals surface area (Å²) in [7, 11) is 0. The van der Waals surface area contributed by atoms with Crippen molar-refractivity contribution in [1.82, 2.24) is 5.32 Å². The van der Waals surface area contributed by atoms with Crippen LogP contribution < -0.4 is 16.0 Å². The number of rotatable bonds is 5. The number of halogens is 1. The SMILES string of the molecule is CC(C)(C)OC(=O)NCC(=O)Nc1ccc(NC(=O)c2ccccc2Br)cc1. The summed E-state index contributed by atoms with van der Waals surface area (Å²) in [5, 5.41) is 7.82. The van der Waals surface area contributed by atoms with Gasteiger partial charge in [-0.25, -0.2) is 4.79 Å². The zero-order chi connectivity index (χ0) is 20.7. The standard InChI is InChI=1S/C20H22BrN3O4/c1-20(2,3)28-19(27)22-12-17(25)23-13-8-10-14(11-9-13)24-18(26)15-6-4-5-7-16(15)21/h4-11H,12H2,1-3H3,(H,22,27)(H,23,25)(H,24,26). The molecule has 0 unspecified atom stereocenters. The molecule has 28 heavy (non-hydrogen) atoms. The summed E-state index contributed by atoms with van der Waals surface area (Å²) in [4.78, 5) is 35.7. The van der Waals surface area contributed by atoms with Crippen LogP contribution in [0, 0.1) is 0 Å². The van der Waals surface area contributed by atoms with E-state index in [0.29, 0.717) is 21.4 Å². The third-order valence-electron chi connectivity index (χ3n) is 3.34. The highest BCUT2D eigenvalue weighted by Crippen LogP contribution is 2.19. The third-order valence-corrected chi connectivity index (χ3v) is 4.03. The molecule has 3 N–H and O–H groups in total. The normalized spacial score (nSPS) is 10.7. The lowest BCUT2D eigenvalue weighted by Crippen LogP contribution is -2.37. The van der Waals surface area contributed by atoms with E-state index in [1.165, 1.54) is 0 Å². The molecule has 0 aliphatic rings. The Labute approximate surface area is 172 Å². The Morgan fingerprint density at radius 3 is 2.07 bits per heavy atom. The molecule has 2 aromatic carbocycles. The monoisotopic (exact) mass is 447 g/mol. The summed E-state index contributed by atoms with van der Waals surface area (Å²) in [5.41, 5.74) is 1.02. The fourth-order valence-corrected chi connectivity index (χ4v) is 2.62. The average Bonchev–Trinajstić information content (AvgIpc) is 2.60. The van der Waals surface area contributed by atoms with Gasteiger partial charge in [0, 0.05) is 15.8 Å². The van der Waals surface area contributed by atoms with Gasteiger partial charge in [-0.2, -0.15) is 0 Å². The molecule has 0 fully saturated rings. The van der Waals surface area contributed by atoms with E-state index in [9.17, 15) is 14.4 Å². The molecule has 0 aliphatic carbocycles. The molecule has 0 heterocycles. The second-order valence-electron chi connectivity index (χ2n) is 6.91. The molecule has 0 saturated heterocycles. The molecule has 0 bridgehead atoms. The van der Waals surface area contributed by atoms with Crippen LogP contribution in [0.2, 0.25) is 0 Å². The summed E-state index contributed by atoms with van der Waals surface area (Å²) in [6, 6.07) is 13.8. The van der Waals surface area contributed by atoms with E-state index < -0.39 is 17.6 Å². The van der Waals surface area contributed by atoms with Gasteiger partial charge in [0.2, 0.25) is 5.91 Å². The molecule has 8 heteroatoms. The van der Waals surface area contributed by atoms with Crippen LogP contribution in [0.1, 0.15) is 31.1 Å². The first-order chi connectivity index (χ1) is 13.1. The van der Waals surface area contributed by atoms with Gasteiger partial charge in [0.1, 0.15) is 12.1 Å². The minimum absolute atomic E-state index is 0.213. The van der Waals surface area contributed by atoms with Crippen molar-refractivity contribution in [2.75, 3.05) is 17.2 Å². The number of alkyl carbamates (subject to hydrolysis) is 1. The molecule has 0 aromatic heterocycles. The number of nitrogens with one attached hydrogen (secondary N) is 3. The van der Waals surface area contributed by atoms with Crippen LogP contribution in [-0.2, 0) is 9.53 Å². The zero-order valence-corrected chi connectivity index (χ0v) is 17.4. The Morgan fingerprint density at radius 2 is 1.50 bits per heavy atom. The van der Waals surface area contributed by atoms with Crippen molar-refractivity contribution in [2.45, 2.75) is 26.4 Å². The molecule has 0 aliphatic heterocycles. The van der Waals surface area contributed by atoms with Crippen LogP contribution >= 0.6 is 15.9 Å². The van der Waals surface area contributed by atoms with Crippen LogP contribution in [0.25, 0.3) is 0 Å². The van der Waals surface area contributed by atoms with Gasteiger partial charge < -0.3 is 20.7 Å². The highest BCUT2D eigenvalue weighted by atomic mass is 79.9. The minimum Gasteiger partial charge on any atom is -0.444 e. The molecule has 2 rings (SSSR count). The zero-order valence-electron chi connectivity index (χ0n) is 15.8. The fourth-order valence-electron chi connectivity index (χ4n) is 2.15. The van der Waals surface area contributed by atoms with E-state index in [1.807, 2.05) is 6.07 Å². The lowest BCUT2D eigenvalue weighted by Gasteiger charge is -2.19. The summed E-state index contributed by atoms with van der Waals surface area (Å²) < 4.78 is 5.76. The molecule has 0 saturated carbocycles. The number of amides is 3. The maximum absolute atomic E-state index is 12.3. The lowest BCUT2D eigenvalue weighted by molar-refractivity contribution is -0.115. The molecule has 0 spiro atoms. The van der Waals surface area contributed by atoms with Crippen LogP contribution in [-0.4, -0.2) is 30.1 Å². The Bertz CT molecular complexity index is 860. The highest BCUT2D eigenvalue weighted by Gasteiger charge is 2.16. The number of carbonyl (C=O) groups is 3. The maximum atomic E-state index is 12.3. The molecular formula is C20H22BrN3O4. The van der Waals surface area contributed by atoms with Gasteiger partial charge in [-0.1, -0.05) is 12.1 Å². The van der Waals surface area contributed by atoms with E-state index in [1.54, 1.807) is 63.2 Å². The van der Waals surface area contributed by atoms with Gasteiger partial charge in [0.15, 0.2) is 0 Å². The van der Waals surface area contributed by atoms with E-state index in [4.69, 9.17) is 4.74 Å². The quantitative estimate of drug-likeness (QED) is 0.640. The van der Waals surface area contributed by atoms with Gasteiger partial charge >= 0.3 is 6.09 Å². The molecule has 3 amide bonds. The van der Waals surface area contributed by atoms with Crippen molar-refractivity contribution in [1.29, 1.82) is 0 Å². The second kappa shape index (κ2) is 9.36. The van der Waals surface area contributed by atoms with E-state index in [-0.39, 0.29) is 12.5 Å². The summed E-state index contributed by atoms with van der Waals surface area (Å²) in [6.07, 6.45) is -0.659. The number of anilines is 2. The molecule has 0 radical (unpaired) electrons. The summed E-state index contributed by atoms with van der Waals surface area (Å²) in [5.74, 6) is -0.637. The van der Waals surface area contributed by atoms with Gasteiger partial charge in [-0.05, 0) is 73.1 Å². The third kappa shape index (κ3) is 7.03. The lowest BCUT2D eigenvalue weighted by atomic mass is 10.2. The number of carbonyl (C=O) groups excluding carboxylic acids is 3. The summed E-state index contributed by atoms with van der Waals surface area (Å²) in [6.45, 7) is 5.01. The van der Waals surface area contributed by atoms with E-state index in [2.05, 4.69) is 31.9 Å². The minimum atomic E-state index is -0.659. The van der Waals surface area contributed by atoms with Crippen molar-refractivity contribution >= 4 is 45.2 Å². The molecule has 7 nitrogen and oxygen atoms in total. The largest absolute Gasteiger partial charge is 0.444 e. The average molecular weight is 448 g/mol. The van der Waals surface area contributed by atoms with Crippen LogP contribution in [0.3, 0.4) is 0 Å².